The monoisotopic (exact) mass is 405 g/mol. The number of aliphatic hydroxyl groups excluding tert-OH is 1. The molecule has 0 radical (unpaired) electrons. The highest BCUT2D eigenvalue weighted by atomic mass is 35.5. The molecule has 142 valence electrons. The maximum Gasteiger partial charge on any atom is 0.238 e. The average Bonchev–Trinajstić information content (AvgIpc) is 3.05. The Labute approximate surface area is 162 Å². The molecule has 0 amide bonds. The topological polar surface area (TPSA) is 95.1 Å². The van der Waals surface area contributed by atoms with Gasteiger partial charge in [0.1, 0.15) is 11.1 Å². The van der Waals surface area contributed by atoms with Gasteiger partial charge in [-0.25, -0.2) is 13.4 Å². The molecular weight excluding hydrogens is 386 g/mol. The van der Waals surface area contributed by atoms with Gasteiger partial charge in [0.2, 0.25) is 10.0 Å². The van der Waals surface area contributed by atoms with E-state index in [2.05, 4.69) is 14.7 Å². The lowest BCUT2D eigenvalue weighted by Gasteiger charge is -2.27. The van der Waals surface area contributed by atoms with Crippen LogP contribution in [0.5, 0.6) is 0 Å². The van der Waals surface area contributed by atoms with E-state index >= 15 is 0 Å². The molecule has 2 aromatic carbocycles. The zero-order valence-electron chi connectivity index (χ0n) is 14.5. The third-order valence-electron chi connectivity index (χ3n) is 4.94. The third-order valence-corrected chi connectivity index (χ3v) is 7.13. The second-order valence-electron chi connectivity index (χ2n) is 6.83. The Kier molecular flexibility index (Phi) is 4.84. The van der Waals surface area contributed by atoms with Gasteiger partial charge in [-0.2, -0.15) is 0 Å². The van der Waals surface area contributed by atoms with Gasteiger partial charge in [0.05, 0.1) is 27.8 Å². The van der Waals surface area contributed by atoms with Crippen LogP contribution in [0.1, 0.15) is 25.7 Å². The van der Waals surface area contributed by atoms with E-state index in [1.807, 2.05) is 18.2 Å². The van der Waals surface area contributed by atoms with Crippen LogP contribution in [0.4, 0.5) is 5.69 Å². The molecule has 1 saturated carbocycles. The van der Waals surface area contributed by atoms with Crippen LogP contribution in [0.2, 0.25) is 5.02 Å². The lowest BCUT2D eigenvalue weighted by molar-refractivity contribution is 0.133. The molecule has 2 atom stereocenters. The number of imidazole rings is 1. The van der Waals surface area contributed by atoms with Crippen LogP contribution in [0.25, 0.3) is 22.4 Å². The summed E-state index contributed by atoms with van der Waals surface area (Å²) in [6.07, 6.45) is 1.84. The second kappa shape index (κ2) is 7.14. The number of rotatable bonds is 4. The van der Waals surface area contributed by atoms with Crippen molar-refractivity contribution in [3.8, 4) is 11.4 Å². The van der Waals surface area contributed by atoms with Gasteiger partial charge in [-0.15, -0.1) is 0 Å². The van der Waals surface area contributed by atoms with Crippen molar-refractivity contribution in [1.29, 1.82) is 0 Å². The third kappa shape index (κ3) is 3.67. The summed E-state index contributed by atoms with van der Waals surface area (Å²) in [6.45, 7) is 0. The molecule has 0 bridgehead atoms. The minimum Gasteiger partial charge on any atom is -0.392 e. The summed E-state index contributed by atoms with van der Waals surface area (Å²) in [7, 11) is -3.66. The molecule has 0 aliphatic heterocycles. The number of hydrogen-bond acceptors (Lipinski definition) is 4. The van der Waals surface area contributed by atoms with E-state index in [0.29, 0.717) is 40.4 Å². The van der Waals surface area contributed by atoms with Crippen molar-refractivity contribution in [1.82, 2.24) is 9.97 Å². The van der Waals surface area contributed by atoms with Crippen molar-refractivity contribution in [2.75, 3.05) is 4.72 Å². The first-order chi connectivity index (χ1) is 12.9. The maximum atomic E-state index is 12.7. The van der Waals surface area contributed by atoms with E-state index in [4.69, 9.17) is 11.6 Å². The molecule has 1 aliphatic carbocycles. The highest BCUT2D eigenvalue weighted by molar-refractivity contribution is 7.93. The standard InChI is InChI=1S/C19H20ClN3O3S/c20-14-6-2-1-5-13(14)19-21-15-10-9-12(11-16(15)22-19)23-27(25,26)18-8-4-3-7-17(18)24/h1-2,5-6,9-11,17-18,23-24H,3-4,7-8H2,(H,21,22). The van der Waals surface area contributed by atoms with Crippen molar-refractivity contribution >= 4 is 38.3 Å². The SMILES string of the molecule is O=S(=O)(Nc1ccc2nc(-c3ccccc3Cl)[nH]c2c1)C1CCCCC1O. The van der Waals surface area contributed by atoms with Gasteiger partial charge < -0.3 is 10.1 Å². The Morgan fingerprint density at radius 1 is 1.15 bits per heavy atom. The number of fused-ring (bicyclic) bond motifs is 1. The van der Waals surface area contributed by atoms with Gasteiger partial charge in [-0.05, 0) is 43.2 Å². The summed E-state index contributed by atoms with van der Waals surface area (Å²) >= 11 is 6.23. The smallest absolute Gasteiger partial charge is 0.238 e. The van der Waals surface area contributed by atoms with Crippen LogP contribution in [-0.4, -0.2) is 34.8 Å². The summed E-state index contributed by atoms with van der Waals surface area (Å²) in [4.78, 5) is 7.71. The number of benzene rings is 2. The molecule has 1 fully saturated rings. The number of aliphatic hydroxyl groups is 1. The van der Waals surface area contributed by atoms with Gasteiger partial charge in [0.15, 0.2) is 0 Å². The molecule has 2 unspecified atom stereocenters. The van der Waals surface area contributed by atoms with Crippen molar-refractivity contribution in [3.05, 3.63) is 47.5 Å². The Hall–Kier alpha value is -2.09. The largest absolute Gasteiger partial charge is 0.392 e. The van der Waals surface area contributed by atoms with Crippen LogP contribution in [0.3, 0.4) is 0 Å². The van der Waals surface area contributed by atoms with E-state index in [0.717, 1.165) is 18.4 Å². The van der Waals surface area contributed by atoms with Gasteiger partial charge in [0, 0.05) is 5.56 Å². The van der Waals surface area contributed by atoms with E-state index in [9.17, 15) is 13.5 Å². The zero-order chi connectivity index (χ0) is 19.0. The number of nitrogens with one attached hydrogen (secondary N) is 2. The molecule has 1 aliphatic rings. The molecule has 1 aromatic heterocycles. The Bertz CT molecular complexity index is 1080. The fourth-order valence-electron chi connectivity index (χ4n) is 3.53. The van der Waals surface area contributed by atoms with Gasteiger partial charge in [0.25, 0.3) is 0 Å². The van der Waals surface area contributed by atoms with E-state index in [1.54, 1.807) is 24.3 Å². The molecular formula is C19H20ClN3O3S. The lowest BCUT2D eigenvalue weighted by atomic mass is 9.97. The number of H-pyrrole nitrogens is 1. The molecule has 1 heterocycles. The normalized spacial score (nSPS) is 20.7. The maximum absolute atomic E-state index is 12.7. The van der Waals surface area contributed by atoms with E-state index in [-0.39, 0.29) is 0 Å². The summed E-state index contributed by atoms with van der Waals surface area (Å²) in [5.74, 6) is 0.623. The highest BCUT2D eigenvalue weighted by Gasteiger charge is 2.34. The first-order valence-corrected chi connectivity index (χ1v) is 10.8. The molecule has 8 heteroatoms. The highest BCUT2D eigenvalue weighted by Crippen LogP contribution is 2.29. The summed E-state index contributed by atoms with van der Waals surface area (Å²) in [5.41, 5.74) is 2.64. The van der Waals surface area contributed by atoms with Crippen molar-refractivity contribution in [3.63, 3.8) is 0 Å². The fraction of sp³-hybridized carbons (Fsp3) is 0.316. The predicted molar refractivity (Wildman–Crippen MR) is 107 cm³/mol. The van der Waals surface area contributed by atoms with Crippen molar-refractivity contribution in [2.24, 2.45) is 0 Å². The Morgan fingerprint density at radius 3 is 2.70 bits per heavy atom. The minimum atomic E-state index is -3.66. The van der Waals surface area contributed by atoms with Crippen LogP contribution in [-0.2, 0) is 10.0 Å². The molecule has 6 nitrogen and oxygen atoms in total. The summed E-state index contributed by atoms with van der Waals surface area (Å²) in [5, 5.41) is 9.87. The average molecular weight is 406 g/mol. The van der Waals surface area contributed by atoms with Crippen molar-refractivity contribution in [2.45, 2.75) is 37.0 Å². The summed E-state index contributed by atoms with van der Waals surface area (Å²) < 4.78 is 27.9. The number of hydrogen-bond donors (Lipinski definition) is 3. The number of halogens is 1. The van der Waals surface area contributed by atoms with Gasteiger partial charge in [-0.1, -0.05) is 36.6 Å². The Balaban J connectivity index is 1.63. The molecule has 0 saturated heterocycles. The summed E-state index contributed by atoms with van der Waals surface area (Å²) in [6, 6.07) is 12.5. The lowest BCUT2D eigenvalue weighted by Crippen LogP contribution is -2.40. The zero-order valence-corrected chi connectivity index (χ0v) is 16.1. The van der Waals surface area contributed by atoms with Crippen LogP contribution in [0.15, 0.2) is 42.5 Å². The van der Waals surface area contributed by atoms with Crippen LogP contribution < -0.4 is 4.72 Å². The number of nitrogens with zero attached hydrogens (tertiary/aromatic N) is 1. The molecule has 3 N–H and O–H groups in total. The number of anilines is 1. The quantitative estimate of drug-likeness (QED) is 0.612. The minimum absolute atomic E-state index is 0.439. The van der Waals surface area contributed by atoms with Crippen molar-refractivity contribution < 1.29 is 13.5 Å². The first kappa shape index (κ1) is 18.3. The second-order valence-corrected chi connectivity index (χ2v) is 9.14. The Morgan fingerprint density at radius 2 is 1.93 bits per heavy atom. The first-order valence-electron chi connectivity index (χ1n) is 8.88. The molecule has 0 spiro atoms. The molecule has 3 aromatic rings. The van der Waals surface area contributed by atoms with Gasteiger partial charge >= 0.3 is 0 Å². The van der Waals surface area contributed by atoms with Crippen LogP contribution in [0, 0.1) is 0 Å². The number of aromatic nitrogens is 2. The van der Waals surface area contributed by atoms with Crippen LogP contribution >= 0.6 is 11.6 Å². The molecule has 4 rings (SSSR count). The fourth-order valence-corrected chi connectivity index (χ4v) is 5.39. The van der Waals surface area contributed by atoms with E-state index < -0.39 is 21.4 Å². The van der Waals surface area contributed by atoms with Gasteiger partial charge in [-0.3, -0.25) is 4.72 Å². The predicted octanol–water partition coefficient (Wildman–Crippen LogP) is 3.93. The number of sulfonamides is 1. The molecule has 27 heavy (non-hydrogen) atoms. The van der Waals surface area contributed by atoms with E-state index in [1.165, 1.54) is 0 Å². The number of aromatic amines is 1.